The summed E-state index contributed by atoms with van der Waals surface area (Å²) in [7, 11) is 0. The van der Waals surface area contributed by atoms with E-state index in [0.29, 0.717) is 5.78 Å². The number of allylic oxidation sites excluding steroid dienone is 2. The quantitative estimate of drug-likeness (QED) is 0.703. The van der Waals surface area contributed by atoms with Gasteiger partial charge in [-0.3, -0.25) is 4.79 Å². The third kappa shape index (κ3) is 2.78. The van der Waals surface area contributed by atoms with Crippen LogP contribution in [0.3, 0.4) is 0 Å². The van der Waals surface area contributed by atoms with Gasteiger partial charge in [-0.25, -0.2) is 0 Å². The number of ketones is 1. The smallest absolute Gasteiger partial charge is 0.164 e. The summed E-state index contributed by atoms with van der Waals surface area (Å²) in [6.45, 7) is 8.60. The van der Waals surface area contributed by atoms with E-state index in [1.807, 2.05) is 11.8 Å². The number of benzene rings is 1. The maximum atomic E-state index is 13.0. The Morgan fingerprint density at radius 2 is 1.55 bits per heavy atom. The molecule has 0 atom stereocenters. The van der Waals surface area contributed by atoms with E-state index < -0.39 is 0 Å². The molecule has 0 amide bonds. The van der Waals surface area contributed by atoms with E-state index in [-0.39, 0.29) is 5.41 Å². The molecule has 0 aromatic heterocycles. The first kappa shape index (κ1) is 15.9. The summed E-state index contributed by atoms with van der Waals surface area (Å²) in [5.41, 5.74) is 7.58. The van der Waals surface area contributed by atoms with Crippen molar-refractivity contribution in [1.29, 1.82) is 0 Å². The van der Waals surface area contributed by atoms with Gasteiger partial charge in [0.15, 0.2) is 5.78 Å². The fraction of sp³-hybridized carbons (Fsp3) is 0.550. The summed E-state index contributed by atoms with van der Waals surface area (Å²) in [6.07, 6.45) is 4.29. The van der Waals surface area contributed by atoms with Gasteiger partial charge in [-0.15, -0.1) is 0 Å². The van der Waals surface area contributed by atoms with Crippen LogP contribution in [0.15, 0.2) is 17.7 Å². The molecule has 1 aromatic carbocycles. The van der Waals surface area contributed by atoms with Crippen LogP contribution in [0.25, 0.3) is 5.57 Å². The molecule has 0 N–H and O–H groups in total. The lowest BCUT2D eigenvalue weighted by atomic mass is 9.66. The number of Topliss-reactive ketones (excluding diaryl/α,β-unsaturated/α-hetero) is 1. The molecular weight excluding hydrogens is 288 g/mol. The maximum absolute atomic E-state index is 13.0. The molecule has 0 saturated carbocycles. The molecule has 1 fully saturated rings. The Morgan fingerprint density at radius 1 is 0.955 bits per heavy atom. The van der Waals surface area contributed by atoms with Crippen LogP contribution in [-0.4, -0.2) is 17.3 Å². The van der Waals surface area contributed by atoms with Crippen LogP contribution in [0, 0.1) is 26.2 Å². The molecule has 0 radical (unpaired) electrons. The van der Waals surface area contributed by atoms with E-state index in [9.17, 15) is 4.79 Å². The predicted molar refractivity (Wildman–Crippen MR) is 96.5 cm³/mol. The second kappa shape index (κ2) is 5.88. The molecule has 2 aliphatic rings. The summed E-state index contributed by atoms with van der Waals surface area (Å²) in [5, 5.41) is 0. The Hall–Kier alpha value is -1.02. The lowest BCUT2D eigenvalue weighted by Gasteiger charge is -2.41. The molecule has 0 unspecified atom stereocenters. The van der Waals surface area contributed by atoms with E-state index in [4.69, 9.17) is 0 Å². The van der Waals surface area contributed by atoms with Crippen molar-refractivity contribution >= 4 is 23.1 Å². The van der Waals surface area contributed by atoms with Crippen LogP contribution in [0.1, 0.15) is 54.9 Å². The normalized spacial score (nSPS) is 21.5. The van der Waals surface area contributed by atoms with Crippen molar-refractivity contribution in [3.8, 4) is 0 Å². The molecule has 118 valence electrons. The van der Waals surface area contributed by atoms with Gasteiger partial charge in [0.25, 0.3) is 0 Å². The van der Waals surface area contributed by atoms with Crippen LogP contribution >= 0.6 is 11.8 Å². The Labute approximate surface area is 138 Å². The average Bonchev–Trinajstić information content (AvgIpc) is 2.41. The van der Waals surface area contributed by atoms with Crippen molar-refractivity contribution in [3.63, 3.8) is 0 Å². The standard InChI is InChI=1S/C20H26OS/c1-13-9-14(2)18(15(3)10-13)19-16(4)11-20(12-17(19)21)5-7-22-8-6-20/h9-10H,5-8,11-12H2,1-4H3. The molecule has 22 heavy (non-hydrogen) atoms. The van der Waals surface area contributed by atoms with Gasteiger partial charge >= 0.3 is 0 Å². The fourth-order valence-electron chi connectivity index (χ4n) is 4.47. The number of thioether (sulfide) groups is 1. The van der Waals surface area contributed by atoms with Gasteiger partial charge in [-0.1, -0.05) is 23.3 Å². The third-order valence-corrected chi connectivity index (χ3v) is 6.35. The highest BCUT2D eigenvalue weighted by Crippen LogP contribution is 2.49. The second-order valence-corrected chi connectivity index (χ2v) is 8.54. The van der Waals surface area contributed by atoms with E-state index in [1.54, 1.807) is 0 Å². The molecule has 1 aliphatic heterocycles. The number of aryl methyl sites for hydroxylation is 3. The van der Waals surface area contributed by atoms with E-state index in [0.717, 1.165) is 18.4 Å². The van der Waals surface area contributed by atoms with Crippen LogP contribution in [0.2, 0.25) is 0 Å². The van der Waals surface area contributed by atoms with Gasteiger partial charge in [-0.2, -0.15) is 11.8 Å². The lowest BCUT2D eigenvalue weighted by molar-refractivity contribution is -0.116. The Bertz CT molecular complexity index is 625. The number of carbonyl (C=O) groups is 1. The van der Waals surface area contributed by atoms with Gasteiger partial charge < -0.3 is 0 Å². The Kier molecular flexibility index (Phi) is 4.24. The first-order valence-corrected chi connectivity index (χ1v) is 9.46. The van der Waals surface area contributed by atoms with Crippen molar-refractivity contribution in [1.82, 2.24) is 0 Å². The van der Waals surface area contributed by atoms with Gasteiger partial charge in [0.1, 0.15) is 0 Å². The number of carbonyl (C=O) groups excluding carboxylic acids is 1. The molecule has 1 nitrogen and oxygen atoms in total. The van der Waals surface area contributed by atoms with Gasteiger partial charge in [-0.05, 0) is 80.6 Å². The highest BCUT2D eigenvalue weighted by atomic mass is 32.2. The van der Waals surface area contributed by atoms with Crippen molar-refractivity contribution in [3.05, 3.63) is 40.0 Å². The molecule has 2 heteroatoms. The molecular formula is C20H26OS. The first-order chi connectivity index (χ1) is 10.4. The van der Waals surface area contributed by atoms with E-state index >= 15 is 0 Å². The molecule has 1 spiro atoms. The van der Waals surface area contributed by atoms with Crippen molar-refractivity contribution < 1.29 is 4.79 Å². The monoisotopic (exact) mass is 314 g/mol. The van der Waals surface area contributed by atoms with Crippen molar-refractivity contribution in [2.75, 3.05) is 11.5 Å². The predicted octanol–water partition coefficient (Wildman–Crippen LogP) is 5.26. The van der Waals surface area contributed by atoms with E-state index in [1.165, 1.54) is 52.2 Å². The third-order valence-electron chi connectivity index (χ3n) is 5.36. The van der Waals surface area contributed by atoms with Crippen molar-refractivity contribution in [2.24, 2.45) is 5.41 Å². The molecule has 1 saturated heterocycles. The highest BCUT2D eigenvalue weighted by Gasteiger charge is 2.40. The SMILES string of the molecule is CC1=C(c2c(C)cc(C)cc2C)C(=O)CC2(CCSCC2)C1. The van der Waals surface area contributed by atoms with Gasteiger partial charge in [0, 0.05) is 12.0 Å². The lowest BCUT2D eigenvalue weighted by Crippen LogP contribution is -2.33. The zero-order valence-electron chi connectivity index (χ0n) is 14.2. The van der Waals surface area contributed by atoms with E-state index in [2.05, 4.69) is 39.8 Å². The average molecular weight is 314 g/mol. The fourth-order valence-corrected chi connectivity index (χ4v) is 5.82. The summed E-state index contributed by atoms with van der Waals surface area (Å²) in [6, 6.07) is 4.41. The van der Waals surface area contributed by atoms with Crippen LogP contribution < -0.4 is 0 Å². The van der Waals surface area contributed by atoms with Crippen LogP contribution in [-0.2, 0) is 4.79 Å². The second-order valence-electron chi connectivity index (χ2n) is 7.32. The van der Waals surface area contributed by atoms with Gasteiger partial charge in [0.05, 0.1) is 0 Å². The maximum Gasteiger partial charge on any atom is 0.164 e. The number of hydrogen-bond donors (Lipinski definition) is 0. The summed E-state index contributed by atoms with van der Waals surface area (Å²) < 4.78 is 0. The molecule has 1 aromatic rings. The molecule has 1 heterocycles. The zero-order valence-corrected chi connectivity index (χ0v) is 15.0. The number of rotatable bonds is 1. The van der Waals surface area contributed by atoms with Gasteiger partial charge in [0.2, 0.25) is 0 Å². The minimum atomic E-state index is 0.266. The Balaban J connectivity index is 2.04. The van der Waals surface area contributed by atoms with Crippen molar-refractivity contribution in [2.45, 2.75) is 53.4 Å². The topological polar surface area (TPSA) is 17.1 Å². The largest absolute Gasteiger partial charge is 0.294 e. The number of hydrogen-bond acceptors (Lipinski definition) is 2. The molecule has 3 rings (SSSR count). The summed E-state index contributed by atoms with van der Waals surface area (Å²) in [5.74, 6) is 2.82. The molecule has 1 aliphatic carbocycles. The minimum Gasteiger partial charge on any atom is -0.294 e. The minimum absolute atomic E-state index is 0.266. The zero-order chi connectivity index (χ0) is 15.9. The summed E-state index contributed by atoms with van der Waals surface area (Å²) >= 11 is 2.04. The van der Waals surface area contributed by atoms with Crippen LogP contribution in [0.5, 0.6) is 0 Å². The molecule has 0 bridgehead atoms. The Morgan fingerprint density at radius 3 is 2.09 bits per heavy atom. The first-order valence-electron chi connectivity index (χ1n) is 8.31. The van der Waals surface area contributed by atoms with Crippen LogP contribution in [0.4, 0.5) is 0 Å². The summed E-state index contributed by atoms with van der Waals surface area (Å²) in [4.78, 5) is 13.0. The highest BCUT2D eigenvalue weighted by molar-refractivity contribution is 7.99.